The van der Waals surface area contributed by atoms with E-state index in [1.807, 2.05) is 36.2 Å². The lowest BCUT2D eigenvalue weighted by Crippen LogP contribution is -2.24. The van der Waals surface area contributed by atoms with Gasteiger partial charge in [-0.05, 0) is 30.2 Å². The first kappa shape index (κ1) is 15.5. The Bertz CT molecular complexity index is 554. The molecule has 1 N–H and O–H groups in total. The number of anilines is 1. The number of halogens is 1. The van der Waals surface area contributed by atoms with Crippen molar-refractivity contribution in [3.63, 3.8) is 0 Å². The van der Waals surface area contributed by atoms with Crippen LogP contribution in [0, 0.1) is 5.82 Å². The van der Waals surface area contributed by atoms with Gasteiger partial charge in [0.05, 0.1) is 5.69 Å². The van der Waals surface area contributed by atoms with Crippen molar-refractivity contribution in [2.45, 2.75) is 19.9 Å². The van der Waals surface area contributed by atoms with Gasteiger partial charge in [0.15, 0.2) is 0 Å². The van der Waals surface area contributed by atoms with Crippen LogP contribution in [0.1, 0.15) is 18.1 Å². The topological polar surface area (TPSA) is 15.3 Å². The van der Waals surface area contributed by atoms with Gasteiger partial charge in [0.25, 0.3) is 0 Å². The molecule has 2 aromatic carbocycles. The maximum absolute atomic E-state index is 14.2. The molecular weight excluding hydrogens is 263 g/mol. The summed E-state index contributed by atoms with van der Waals surface area (Å²) >= 11 is 0. The third-order valence-electron chi connectivity index (χ3n) is 3.60. The second kappa shape index (κ2) is 7.79. The van der Waals surface area contributed by atoms with E-state index in [4.69, 9.17) is 0 Å². The largest absolute Gasteiger partial charge is 0.372 e. The fourth-order valence-corrected chi connectivity index (χ4v) is 2.44. The van der Waals surface area contributed by atoms with Gasteiger partial charge in [0.1, 0.15) is 5.82 Å². The van der Waals surface area contributed by atoms with Gasteiger partial charge in [0, 0.05) is 20.1 Å². The monoisotopic (exact) mass is 286 g/mol. The Hall–Kier alpha value is -1.87. The van der Waals surface area contributed by atoms with Crippen LogP contribution < -0.4 is 10.2 Å². The SMILES string of the molecule is CCNCc1cccc(F)c1N(C)CCc1ccccc1. The Morgan fingerprint density at radius 2 is 1.81 bits per heavy atom. The van der Waals surface area contributed by atoms with Gasteiger partial charge >= 0.3 is 0 Å². The molecule has 2 rings (SSSR count). The molecule has 112 valence electrons. The zero-order chi connectivity index (χ0) is 15.1. The first-order valence-corrected chi connectivity index (χ1v) is 7.45. The van der Waals surface area contributed by atoms with E-state index < -0.39 is 0 Å². The van der Waals surface area contributed by atoms with Crippen LogP contribution in [0.2, 0.25) is 0 Å². The molecule has 0 bridgehead atoms. The lowest BCUT2D eigenvalue weighted by molar-refractivity contribution is 0.615. The average Bonchev–Trinajstić information content (AvgIpc) is 2.51. The molecule has 0 atom stereocenters. The molecule has 0 saturated heterocycles. The van der Waals surface area contributed by atoms with E-state index in [1.165, 1.54) is 11.6 Å². The van der Waals surface area contributed by atoms with Crippen molar-refractivity contribution in [2.75, 3.05) is 25.0 Å². The summed E-state index contributed by atoms with van der Waals surface area (Å²) in [6.45, 7) is 4.42. The van der Waals surface area contributed by atoms with Crippen molar-refractivity contribution in [1.82, 2.24) is 5.32 Å². The molecule has 3 heteroatoms. The molecule has 0 heterocycles. The lowest BCUT2D eigenvalue weighted by Gasteiger charge is -2.23. The van der Waals surface area contributed by atoms with Crippen LogP contribution in [-0.2, 0) is 13.0 Å². The number of para-hydroxylation sites is 1. The van der Waals surface area contributed by atoms with Crippen molar-refractivity contribution >= 4 is 5.69 Å². The van der Waals surface area contributed by atoms with E-state index in [2.05, 4.69) is 24.4 Å². The molecule has 0 amide bonds. The van der Waals surface area contributed by atoms with Crippen molar-refractivity contribution in [1.29, 1.82) is 0 Å². The summed E-state index contributed by atoms with van der Waals surface area (Å²) in [5.41, 5.74) is 2.98. The summed E-state index contributed by atoms with van der Waals surface area (Å²) in [4.78, 5) is 2.01. The Balaban J connectivity index is 2.08. The number of likely N-dealkylation sites (N-methyl/N-ethyl adjacent to an activating group) is 1. The maximum atomic E-state index is 14.2. The van der Waals surface area contributed by atoms with E-state index in [0.29, 0.717) is 12.2 Å². The second-order valence-electron chi connectivity index (χ2n) is 5.19. The minimum absolute atomic E-state index is 0.152. The van der Waals surface area contributed by atoms with Crippen LogP contribution in [0.25, 0.3) is 0 Å². The van der Waals surface area contributed by atoms with Gasteiger partial charge in [0.2, 0.25) is 0 Å². The van der Waals surface area contributed by atoms with E-state index in [9.17, 15) is 4.39 Å². The van der Waals surface area contributed by atoms with E-state index in [-0.39, 0.29) is 5.82 Å². The molecule has 2 aromatic rings. The number of hydrogen-bond acceptors (Lipinski definition) is 2. The fraction of sp³-hybridized carbons (Fsp3) is 0.333. The van der Waals surface area contributed by atoms with Crippen molar-refractivity contribution in [3.05, 3.63) is 65.5 Å². The Morgan fingerprint density at radius 1 is 1.05 bits per heavy atom. The van der Waals surface area contributed by atoms with Gasteiger partial charge in [-0.25, -0.2) is 4.39 Å². The minimum atomic E-state index is -0.152. The fourth-order valence-electron chi connectivity index (χ4n) is 2.44. The molecular formula is C18H23FN2. The smallest absolute Gasteiger partial charge is 0.146 e. The quantitative estimate of drug-likeness (QED) is 0.836. The molecule has 0 saturated carbocycles. The average molecular weight is 286 g/mol. The molecule has 0 radical (unpaired) electrons. The molecule has 0 aliphatic carbocycles. The molecule has 0 aromatic heterocycles. The maximum Gasteiger partial charge on any atom is 0.146 e. The van der Waals surface area contributed by atoms with Crippen LogP contribution in [0.5, 0.6) is 0 Å². The summed E-state index contributed by atoms with van der Waals surface area (Å²) in [5, 5.41) is 3.27. The van der Waals surface area contributed by atoms with Crippen LogP contribution in [0.4, 0.5) is 10.1 Å². The van der Waals surface area contributed by atoms with Gasteiger partial charge < -0.3 is 10.2 Å². The lowest BCUT2D eigenvalue weighted by atomic mass is 10.1. The molecule has 0 aliphatic heterocycles. The zero-order valence-corrected chi connectivity index (χ0v) is 12.8. The molecule has 21 heavy (non-hydrogen) atoms. The van der Waals surface area contributed by atoms with Crippen molar-refractivity contribution in [3.8, 4) is 0 Å². The standard InChI is InChI=1S/C18H23FN2/c1-3-20-14-16-10-7-11-17(19)18(16)21(2)13-12-15-8-5-4-6-9-15/h4-11,20H,3,12-14H2,1-2H3. The number of nitrogens with zero attached hydrogens (tertiary/aromatic N) is 1. The number of hydrogen-bond donors (Lipinski definition) is 1. The van der Waals surface area contributed by atoms with Gasteiger partial charge in [-0.2, -0.15) is 0 Å². The van der Waals surface area contributed by atoms with E-state index >= 15 is 0 Å². The number of rotatable bonds is 7. The Kier molecular flexibility index (Phi) is 5.76. The molecule has 2 nitrogen and oxygen atoms in total. The molecule has 0 spiro atoms. The first-order chi connectivity index (χ1) is 10.2. The van der Waals surface area contributed by atoms with Crippen LogP contribution in [0.15, 0.2) is 48.5 Å². The Morgan fingerprint density at radius 3 is 2.52 bits per heavy atom. The summed E-state index contributed by atoms with van der Waals surface area (Å²) in [6, 6.07) is 15.6. The highest BCUT2D eigenvalue weighted by atomic mass is 19.1. The first-order valence-electron chi connectivity index (χ1n) is 7.45. The normalized spacial score (nSPS) is 10.6. The third-order valence-corrected chi connectivity index (χ3v) is 3.60. The number of nitrogens with one attached hydrogen (secondary N) is 1. The van der Waals surface area contributed by atoms with Crippen LogP contribution in [-0.4, -0.2) is 20.1 Å². The van der Waals surface area contributed by atoms with E-state index in [1.54, 1.807) is 6.07 Å². The summed E-state index contributed by atoms with van der Waals surface area (Å²) < 4.78 is 14.2. The molecule has 0 aliphatic rings. The highest BCUT2D eigenvalue weighted by Crippen LogP contribution is 2.23. The predicted molar refractivity (Wildman–Crippen MR) is 87.2 cm³/mol. The van der Waals surface area contributed by atoms with Crippen LogP contribution in [0.3, 0.4) is 0 Å². The summed E-state index contributed by atoms with van der Waals surface area (Å²) in [7, 11) is 1.96. The highest BCUT2D eigenvalue weighted by Gasteiger charge is 2.12. The summed E-state index contributed by atoms with van der Waals surface area (Å²) in [5.74, 6) is -0.152. The van der Waals surface area contributed by atoms with Gasteiger partial charge in [-0.3, -0.25) is 0 Å². The van der Waals surface area contributed by atoms with Crippen molar-refractivity contribution in [2.24, 2.45) is 0 Å². The highest BCUT2D eigenvalue weighted by molar-refractivity contribution is 5.54. The molecule has 0 fully saturated rings. The summed E-state index contributed by atoms with van der Waals surface area (Å²) in [6.07, 6.45) is 0.909. The van der Waals surface area contributed by atoms with Gasteiger partial charge in [-0.15, -0.1) is 0 Å². The second-order valence-corrected chi connectivity index (χ2v) is 5.19. The van der Waals surface area contributed by atoms with Crippen LogP contribution >= 0.6 is 0 Å². The van der Waals surface area contributed by atoms with E-state index in [0.717, 1.165) is 25.1 Å². The molecule has 0 unspecified atom stereocenters. The minimum Gasteiger partial charge on any atom is -0.372 e. The third kappa shape index (κ3) is 4.30. The number of benzene rings is 2. The Labute approximate surface area is 126 Å². The van der Waals surface area contributed by atoms with Gasteiger partial charge in [-0.1, -0.05) is 49.4 Å². The zero-order valence-electron chi connectivity index (χ0n) is 12.8. The van der Waals surface area contributed by atoms with Crippen molar-refractivity contribution < 1.29 is 4.39 Å². The predicted octanol–water partition coefficient (Wildman–Crippen LogP) is 3.61.